The summed E-state index contributed by atoms with van der Waals surface area (Å²) < 4.78 is 38.9. The molecule has 3 fully saturated rings. The molecule has 31 heavy (non-hydrogen) atoms. The Hall–Kier alpha value is -2.58. The highest BCUT2D eigenvalue weighted by Gasteiger charge is 2.51. The van der Waals surface area contributed by atoms with Gasteiger partial charge in [-0.25, -0.2) is 0 Å². The van der Waals surface area contributed by atoms with Gasteiger partial charge in [-0.3, -0.25) is 19.3 Å². The van der Waals surface area contributed by atoms with E-state index >= 15 is 0 Å². The summed E-state index contributed by atoms with van der Waals surface area (Å²) >= 11 is 0. The molecule has 1 saturated carbocycles. The van der Waals surface area contributed by atoms with Crippen molar-refractivity contribution in [3.05, 3.63) is 29.8 Å². The molecule has 0 aromatic heterocycles. The van der Waals surface area contributed by atoms with Crippen LogP contribution >= 0.6 is 0 Å². The van der Waals surface area contributed by atoms with Crippen LogP contribution < -0.4 is 4.90 Å². The van der Waals surface area contributed by atoms with Gasteiger partial charge in [0.2, 0.25) is 17.7 Å². The number of hydrogen-bond donors (Lipinski definition) is 0. The van der Waals surface area contributed by atoms with Crippen LogP contribution in [0.15, 0.2) is 24.3 Å². The Bertz CT molecular complexity index is 856. The normalized spacial score (nSPS) is 25.6. The highest BCUT2D eigenvalue weighted by molar-refractivity contribution is 6.08. The van der Waals surface area contributed by atoms with Crippen molar-refractivity contribution in [2.45, 2.75) is 44.8 Å². The molecule has 2 heterocycles. The van der Waals surface area contributed by atoms with Crippen LogP contribution in [-0.2, 0) is 20.6 Å². The lowest BCUT2D eigenvalue weighted by molar-refractivity contribution is -0.151. The van der Waals surface area contributed by atoms with Gasteiger partial charge in [0, 0.05) is 31.9 Å². The molecule has 4 rings (SSSR count). The van der Waals surface area contributed by atoms with E-state index in [1.807, 2.05) is 4.90 Å². The summed E-state index contributed by atoms with van der Waals surface area (Å²) in [5.74, 6) is -1.36. The highest BCUT2D eigenvalue weighted by atomic mass is 19.4. The number of benzene rings is 1. The Morgan fingerprint density at radius 3 is 2.13 bits per heavy atom. The molecule has 0 N–H and O–H groups in total. The maximum Gasteiger partial charge on any atom is 0.416 e. The predicted octanol–water partition coefficient (Wildman–Crippen LogP) is 2.92. The van der Waals surface area contributed by atoms with Gasteiger partial charge >= 0.3 is 6.18 Å². The van der Waals surface area contributed by atoms with Crippen LogP contribution in [0.3, 0.4) is 0 Å². The van der Waals surface area contributed by atoms with Gasteiger partial charge in [0.15, 0.2) is 0 Å². The molecule has 0 radical (unpaired) electrons. The first-order valence-corrected chi connectivity index (χ1v) is 10.8. The molecule has 0 spiro atoms. The van der Waals surface area contributed by atoms with E-state index in [1.54, 1.807) is 17.9 Å². The van der Waals surface area contributed by atoms with E-state index in [0.29, 0.717) is 44.7 Å². The van der Waals surface area contributed by atoms with Crippen LogP contribution in [0.4, 0.5) is 18.9 Å². The number of fused-ring (bicyclic) bond motifs is 1. The lowest BCUT2D eigenvalue weighted by Crippen LogP contribution is -2.55. The number of amides is 3. The second-order valence-electron chi connectivity index (χ2n) is 8.58. The fourth-order valence-corrected chi connectivity index (χ4v) is 5.01. The minimum Gasteiger partial charge on any atom is -0.368 e. The van der Waals surface area contributed by atoms with Crippen molar-refractivity contribution in [2.75, 3.05) is 31.1 Å². The van der Waals surface area contributed by atoms with Crippen molar-refractivity contribution in [3.63, 3.8) is 0 Å². The number of halogens is 3. The number of carbonyl (C=O) groups excluding carboxylic acids is 3. The number of rotatable bonds is 3. The Morgan fingerprint density at radius 2 is 1.58 bits per heavy atom. The molecule has 0 bridgehead atoms. The van der Waals surface area contributed by atoms with Crippen LogP contribution in [-0.4, -0.2) is 59.7 Å². The lowest BCUT2D eigenvalue weighted by Gasteiger charge is -2.38. The Labute approximate surface area is 179 Å². The number of nitrogens with zero attached hydrogens (tertiary/aromatic N) is 3. The van der Waals surface area contributed by atoms with Gasteiger partial charge in [-0.05, 0) is 38.0 Å². The molecule has 2 saturated heterocycles. The minimum atomic E-state index is -4.41. The number of anilines is 1. The first-order chi connectivity index (χ1) is 14.7. The third-order valence-electron chi connectivity index (χ3n) is 6.75. The van der Waals surface area contributed by atoms with Crippen molar-refractivity contribution in [1.82, 2.24) is 9.80 Å². The summed E-state index contributed by atoms with van der Waals surface area (Å²) in [6.07, 6.45) is -1.17. The number of hydrogen-bond acceptors (Lipinski definition) is 4. The maximum atomic E-state index is 13.0. The standard InChI is InChI=1S/C22H26F3N3O3/c1-14(28-20(30)17-7-2-3-8-18(17)21(28)31)19(29)27-11-9-26(10-12-27)16-6-4-5-15(13-16)22(23,24)25/h4-6,13-14,17-18H,2-3,7-12H2,1H3. The third kappa shape index (κ3) is 4.02. The monoisotopic (exact) mass is 437 g/mol. The van der Waals surface area contributed by atoms with Crippen molar-refractivity contribution in [2.24, 2.45) is 11.8 Å². The van der Waals surface area contributed by atoms with E-state index in [4.69, 9.17) is 0 Å². The van der Waals surface area contributed by atoms with Crippen LogP contribution in [0.2, 0.25) is 0 Å². The molecule has 3 atom stereocenters. The highest BCUT2D eigenvalue weighted by Crippen LogP contribution is 2.39. The summed E-state index contributed by atoms with van der Waals surface area (Å²) in [6.45, 7) is 3.00. The molecule has 3 amide bonds. The van der Waals surface area contributed by atoms with Gasteiger partial charge in [0.05, 0.1) is 17.4 Å². The zero-order valence-electron chi connectivity index (χ0n) is 17.4. The molecule has 1 aliphatic carbocycles. The van der Waals surface area contributed by atoms with Crippen molar-refractivity contribution in [3.8, 4) is 0 Å². The topological polar surface area (TPSA) is 60.9 Å². The molecule has 1 aromatic rings. The summed E-state index contributed by atoms with van der Waals surface area (Å²) in [6, 6.07) is 4.29. The maximum absolute atomic E-state index is 13.0. The average molecular weight is 437 g/mol. The van der Waals surface area contributed by atoms with E-state index in [1.165, 1.54) is 6.07 Å². The van der Waals surface area contributed by atoms with E-state index in [2.05, 4.69) is 0 Å². The van der Waals surface area contributed by atoms with Crippen LogP contribution in [0.25, 0.3) is 0 Å². The zero-order chi connectivity index (χ0) is 22.3. The van der Waals surface area contributed by atoms with Gasteiger partial charge in [0.1, 0.15) is 6.04 Å². The smallest absolute Gasteiger partial charge is 0.368 e. The summed E-state index contributed by atoms with van der Waals surface area (Å²) in [5.41, 5.74) is -0.242. The molecule has 2 aliphatic heterocycles. The van der Waals surface area contributed by atoms with Crippen molar-refractivity contribution in [1.29, 1.82) is 0 Å². The fourth-order valence-electron chi connectivity index (χ4n) is 5.01. The number of alkyl halides is 3. The quantitative estimate of drug-likeness (QED) is 0.683. The average Bonchev–Trinajstić information content (AvgIpc) is 3.03. The SMILES string of the molecule is CC(C(=O)N1CCN(c2cccc(C(F)(F)F)c2)CC1)N1C(=O)C2CCCCC2C1=O. The number of piperazine rings is 1. The number of likely N-dealkylation sites (tertiary alicyclic amines) is 1. The Kier molecular flexibility index (Phi) is 5.70. The predicted molar refractivity (Wildman–Crippen MR) is 107 cm³/mol. The second kappa shape index (κ2) is 8.16. The fraction of sp³-hybridized carbons (Fsp3) is 0.591. The molecule has 1 aromatic carbocycles. The van der Waals surface area contributed by atoms with Gasteiger partial charge in [-0.1, -0.05) is 18.9 Å². The summed E-state index contributed by atoms with van der Waals surface area (Å²) in [4.78, 5) is 43.1. The molecule has 3 unspecified atom stereocenters. The van der Waals surface area contributed by atoms with Gasteiger partial charge in [-0.2, -0.15) is 13.2 Å². The van der Waals surface area contributed by atoms with Crippen LogP contribution in [0.1, 0.15) is 38.2 Å². The van der Waals surface area contributed by atoms with E-state index in [9.17, 15) is 27.6 Å². The van der Waals surface area contributed by atoms with E-state index in [0.717, 1.165) is 29.9 Å². The molecule has 9 heteroatoms. The lowest BCUT2D eigenvalue weighted by atomic mass is 9.81. The molecule has 3 aliphatic rings. The first-order valence-electron chi connectivity index (χ1n) is 10.8. The second-order valence-corrected chi connectivity index (χ2v) is 8.58. The summed E-state index contributed by atoms with van der Waals surface area (Å²) in [5, 5.41) is 0. The van der Waals surface area contributed by atoms with Gasteiger partial charge in [0.25, 0.3) is 0 Å². The van der Waals surface area contributed by atoms with Gasteiger partial charge < -0.3 is 9.80 Å². The first kappa shape index (κ1) is 21.6. The largest absolute Gasteiger partial charge is 0.416 e. The van der Waals surface area contributed by atoms with Gasteiger partial charge in [-0.15, -0.1) is 0 Å². The van der Waals surface area contributed by atoms with E-state index < -0.39 is 17.8 Å². The van der Waals surface area contributed by atoms with Crippen LogP contribution in [0.5, 0.6) is 0 Å². The van der Waals surface area contributed by atoms with Crippen molar-refractivity contribution < 1.29 is 27.6 Å². The summed E-state index contributed by atoms with van der Waals surface area (Å²) in [7, 11) is 0. The Balaban J connectivity index is 1.39. The van der Waals surface area contributed by atoms with E-state index in [-0.39, 0.29) is 29.6 Å². The van der Waals surface area contributed by atoms with Crippen LogP contribution in [0, 0.1) is 11.8 Å². The minimum absolute atomic E-state index is 0.238. The third-order valence-corrected chi connectivity index (χ3v) is 6.75. The number of carbonyl (C=O) groups is 3. The molecule has 6 nitrogen and oxygen atoms in total. The number of imide groups is 1. The molecular formula is C22H26F3N3O3. The zero-order valence-corrected chi connectivity index (χ0v) is 17.4. The van der Waals surface area contributed by atoms with Crippen molar-refractivity contribution >= 4 is 23.4 Å². The Morgan fingerprint density at radius 1 is 1.00 bits per heavy atom. The molecule has 168 valence electrons. The molecular weight excluding hydrogens is 411 g/mol.